The summed E-state index contributed by atoms with van der Waals surface area (Å²) in [6.07, 6.45) is 1.67. The third-order valence-electron chi connectivity index (χ3n) is 3.50. The van der Waals surface area contributed by atoms with E-state index < -0.39 is 10.9 Å². The van der Waals surface area contributed by atoms with Gasteiger partial charge in [0, 0.05) is 24.4 Å². The van der Waals surface area contributed by atoms with E-state index in [-0.39, 0.29) is 23.4 Å². The van der Waals surface area contributed by atoms with Crippen LogP contribution in [0.15, 0.2) is 53.5 Å². The van der Waals surface area contributed by atoms with Gasteiger partial charge < -0.3 is 4.74 Å². The van der Waals surface area contributed by atoms with Crippen LogP contribution in [0.1, 0.15) is 21.6 Å². The number of hydrogen-bond donors (Lipinski definition) is 0. The van der Waals surface area contributed by atoms with E-state index in [4.69, 9.17) is 4.74 Å². The number of ether oxygens (including phenoxy) is 1. The third-order valence-corrected chi connectivity index (χ3v) is 3.50. The molecule has 0 bridgehead atoms. The van der Waals surface area contributed by atoms with Gasteiger partial charge in [0.1, 0.15) is 12.3 Å². The van der Waals surface area contributed by atoms with Crippen molar-refractivity contribution in [3.05, 3.63) is 86.0 Å². The molecule has 8 heteroatoms. The Morgan fingerprint density at radius 2 is 2.08 bits per heavy atom. The molecule has 0 saturated carbocycles. The highest BCUT2D eigenvalue weighted by Gasteiger charge is 2.13. The number of aromatic nitrogens is 2. The van der Waals surface area contributed by atoms with E-state index in [0.29, 0.717) is 11.3 Å². The van der Waals surface area contributed by atoms with Crippen molar-refractivity contribution in [3.63, 3.8) is 0 Å². The molecule has 0 amide bonds. The molecule has 0 spiro atoms. The fourth-order valence-electron chi connectivity index (χ4n) is 2.30. The lowest BCUT2D eigenvalue weighted by atomic mass is 10.2. The molecule has 0 unspecified atom stereocenters. The number of carbonyl (C=O) groups excluding carboxylic acids is 1. The minimum Gasteiger partial charge on any atom is -0.456 e. The standard InChI is InChI=1S/C17H13N3O5/c1-11-5-6-15-18-13(8-16(21)19(15)9-11)10-25-17(22)12-3-2-4-14(7-12)20(23)24/h2-9H,10H2,1H3. The van der Waals surface area contributed by atoms with Gasteiger partial charge in [-0.15, -0.1) is 0 Å². The second-order valence-corrected chi connectivity index (χ2v) is 5.40. The highest BCUT2D eigenvalue weighted by Crippen LogP contribution is 2.14. The van der Waals surface area contributed by atoms with Gasteiger partial charge in [0.25, 0.3) is 11.2 Å². The van der Waals surface area contributed by atoms with E-state index in [1.165, 1.54) is 28.7 Å². The van der Waals surface area contributed by atoms with E-state index in [1.807, 2.05) is 13.0 Å². The molecule has 0 radical (unpaired) electrons. The predicted octanol–water partition coefficient (Wildman–Crippen LogP) is 2.27. The van der Waals surface area contributed by atoms with E-state index >= 15 is 0 Å². The molecule has 25 heavy (non-hydrogen) atoms. The number of fused-ring (bicyclic) bond motifs is 1. The zero-order valence-electron chi connectivity index (χ0n) is 13.2. The monoisotopic (exact) mass is 339 g/mol. The maximum atomic E-state index is 12.1. The molecule has 0 aliphatic carbocycles. The number of pyridine rings is 1. The van der Waals surface area contributed by atoms with Crippen molar-refractivity contribution in [2.75, 3.05) is 0 Å². The lowest BCUT2D eigenvalue weighted by Crippen LogP contribution is -2.17. The van der Waals surface area contributed by atoms with Gasteiger partial charge in [-0.2, -0.15) is 0 Å². The first-order chi connectivity index (χ1) is 11.9. The number of nitro groups is 1. The first kappa shape index (κ1) is 16.3. The summed E-state index contributed by atoms with van der Waals surface area (Å²) in [7, 11) is 0. The summed E-state index contributed by atoms with van der Waals surface area (Å²) >= 11 is 0. The minimum absolute atomic E-state index is 0.0577. The molecule has 0 aliphatic rings. The maximum absolute atomic E-state index is 12.1. The molecule has 0 saturated heterocycles. The van der Waals surface area contributed by atoms with Gasteiger partial charge in [-0.1, -0.05) is 12.1 Å². The molecule has 0 N–H and O–H groups in total. The Morgan fingerprint density at radius 1 is 1.28 bits per heavy atom. The van der Waals surface area contributed by atoms with Crippen LogP contribution in [0.25, 0.3) is 5.65 Å². The average molecular weight is 339 g/mol. The van der Waals surface area contributed by atoms with Gasteiger partial charge in [0.15, 0.2) is 0 Å². The number of esters is 1. The molecule has 0 atom stereocenters. The van der Waals surface area contributed by atoms with Crippen molar-refractivity contribution in [1.82, 2.24) is 9.38 Å². The molecular formula is C17H13N3O5. The van der Waals surface area contributed by atoms with Crippen molar-refractivity contribution >= 4 is 17.3 Å². The molecule has 3 aromatic rings. The molecular weight excluding hydrogens is 326 g/mol. The zero-order chi connectivity index (χ0) is 18.0. The predicted molar refractivity (Wildman–Crippen MR) is 88.4 cm³/mol. The van der Waals surface area contributed by atoms with Crippen molar-refractivity contribution in [3.8, 4) is 0 Å². The topological polar surface area (TPSA) is 104 Å². The van der Waals surface area contributed by atoms with Crippen LogP contribution >= 0.6 is 0 Å². The number of nitro benzene ring substituents is 1. The number of rotatable bonds is 4. The number of hydrogen-bond acceptors (Lipinski definition) is 6. The molecule has 3 rings (SSSR count). The van der Waals surface area contributed by atoms with Crippen LogP contribution in [-0.4, -0.2) is 20.3 Å². The van der Waals surface area contributed by atoms with Gasteiger partial charge in [-0.05, 0) is 24.6 Å². The van der Waals surface area contributed by atoms with Crippen molar-refractivity contribution < 1.29 is 14.5 Å². The second kappa shape index (κ2) is 6.52. The minimum atomic E-state index is -0.727. The Bertz CT molecular complexity index is 1040. The van der Waals surface area contributed by atoms with Gasteiger partial charge >= 0.3 is 5.97 Å². The molecule has 126 valence electrons. The van der Waals surface area contributed by atoms with Crippen LogP contribution in [-0.2, 0) is 11.3 Å². The van der Waals surface area contributed by atoms with Crippen LogP contribution < -0.4 is 5.56 Å². The number of nitrogens with zero attached hydrogens (tertiary/aromatic N) is 3. The number of non-ortho nitro benzene ring substituents is 1. The Hall–Kier alpha value is -3.55. The molecule has 0 fully saturated rings. The van der Waals surface area contributed by atoms with Gasteiger partial charge in [-0.3, -0.25) is 19.3 Å². The third kappa shape index (κ3) is 3.52. The summed E-state index contributed by atoms with van der Waals surface area (Å²) in [5.74, 6) is -0.727. The molecule has 1 aromatic carbocycles. The quantitative estimate of drug-likeness (QED) is 0.410. The normalized spacial score (nSPS) is 10.6. The molecule has 2 aromatic heterocycles. The fraction of sp³-hybridized carbons (Fsp3) is 0.118. The SMILES string of the molecule is Cc1ccc2nc(COC(=O)c3cccc([N+](=O)[O-])c3)cc(=O)n2c1. The van der Waals surface area contributed by atoms with Crippen LogP contribution in [0, 0.1) is 17.0 Å². The molecule has 0 aliphatic heterocycles. The number of carbonyl (C=O) groups is 1. The van der Waals surface area contributed by atoms with Crippen LogP contribution in [0.3, 0.4) is 0 Å². The summed E-state index contributed by atoms with van der Waals surface area (Å²) in [5.41, 5.74) is 1.23. The lowest BCUT2D eigenvalue weighted by Gasteiger charge is -2.06. The van der Waals surface area contributed by atoms with E-state index in [2.05, 4.69) is 4.98 Å². The Labute approximate surface area is 141 Å². The van der Waals surface area contributed by atoms with Crippen LogP contribution in [0.4, 0.5) is 5.69 Å². The summed E-state index contributed by atoms with van der Waals surface area (Å²) in [5, 5.41) is 10.7. The smallest absolute Gasteiger partial charge is 0.338 e. The summed E-state index contributed by atoms with van der Waals surface area (Å²) in [6, 6.07) is 10.0. The summed E-state index contributed by atoms with van der Waals surface area (Å²) < 4.78 is 6.51. The van der Waals surface area contributed by atoms with Gasteiger partial charge in [0.2, 0.25) is 0 Å². The maximum Gasteiger partial charge on any atom is 0.338 e. The van der Waals surface area contributed by atoms with Gasteiger partial charge in [-0.25, -0.2) is 9.78 Å². The average Bonchev–Trinajstić information content (AvgIpc) is 2.60. The van der Waals surface area contributed by atoms with E-state index in [0.717, 1.165) is 11.6 Å². The number of benzene rings is 1. The Morgan fingerprint density at radius 3 is 2.84 bits per heavy atom. The first-order valence-corrected chi connectivity index (χ1v) is 7.34. The fourth-order valence-corrected chi connectivity index (χ4v) is 2.30. The second-order valence-electron chi connectivity index (χ2n) is 5.40. The molecule has 2 heterocycles. The highest BCUT2D eigenvalue weighted by molar-refractivity contribution is 5.90. The van der Waals surface area contributed by atoms with Crippen molar-refractivity contribution in [2.45, 2.75) is 13.5 Å². The largest absolute Gasteiger partial charge is 0.456 e. The van der Waals surface area contributed by atoms with Crippen molar-refractivity contribution in [1.29, 1.82) is 0 Å². The van der Waals surface area contributed by atoms with E-state index in [9.17, 15) is 19.7 Å². The first-order valence-electron chi connectivity index (χ1n) is 7.34. The summed E-state index contributed by atoms with van der Waals surface area (Å²) in [6.45, 7) is 1.65. The van der Waals surface area contributed by atoms with E-state index in [1.54, 1.807) is 12.3 Å². The van der Waals surface area contributed by atoms with Gasteiger partial charge in [0.05, 0.1) is 16.2 Å². The lowest BCUT2D eigenvalue weighted by molar-refractivity contribution is -0.384. The van der Waals surface area contributed by atoms with Crippen LogP contribution in [0.5, 0.6) is 0 Å². The Balaban J connectivity index is 1.79. The molecule has 8 nitrogen and oxygen atoms in total. The zero-order valence-corrected chi connectivity index (χ0v) is 13.2. The highest BCUT2D eigenvalue weighted by atomic mass is 16.6. The van der Waals surface area contributed by atoms with Crippen molar-refractivity contribution in [2.24, 2.45) is 0 Å². The summed E-state index contributed by atoms with van der Waals surface area (Å²) in [4.78, 5) is 38.5. The Kier molecular flexibility index (Phi) is 4.25. The van der Waals surface area contributed by atoms with Crippen LogP contribution in [0.2, 0.25) is 0 Å². The number of aryl methyl sites for hydroxylation is 1.